The molecule has 0 N–H and O–H groups in total. The second-order valence-corrected chi connectivity index (χ2v) is 2.31. The zero-order chi connectivity index (χ0) is 8.81. The molecule has 0 radical (unpaired) electrons. The van der Waals surface area contributed by atoms with E-state index in [1.54, 1.807) is 6.08 Å². The van der Waals surface area contributed by atoms with Crippen molar-refractivity contribution in [3.8, 4) is 0 Å². The molecule has 12 heavy (non-hydrogen) atoms. The fraction of sp³-hybridized carbons (Fsp3) is 0.100. The number of aliphatic imine (C=N–C) groups is 1. The summed E-state index contributed by atoms with van der Waals surface area (Å²) in [6, 6.07) is 9.23. The average Bonchev–Trinajstić information content (AvgIpc) is 2.15. The van der Waals surface area contributed by atoms with E-state index in [0.29, 0.717) is 0 Å². The lowest BCUT2D eigenvalue weighted by Crippen LogP contribution is -1.88. The van der Waals surface area contributed by atoms with Crippen molar-refractivity contribution in [2.75, 3.05) is 0 Å². The van der Waals surface area contributed by atoms with E-state index in [9.17, 15) is 4.79 Å². The molecule has 0 fully saturated rings. The van der Waals surface area contributed by atoms with Crippen molar-refractivity contribution >= 4 is 6.08 Å². The molecule has 2 heteroatoms. The molecule has 0 aromatic heterocycles. The molecule has 2 nitrogen and oxygen atoms in total. The van der Waals surface area contributed by atoms with Gasteiger partial charge in [-0.25, -0.2) is 4.79 Å². The summed E-state index contributed by atoms with van der Waals surface area (Å²) in [7, 11) is 0. The Balaban J connectivity index is 2.94. The fourth-order valence-electron chi connectivity index (χ4n) is 0.970. The second kappa shape index (κ2) is 4.27. The molecule has 0 aliphatic heterocycles. The van der Waals surface area contributed by atoms with E-state index < -0.39 is 0 Å². The maximum absolute atomic E-state index is 10.0. The minimum atomic E-state index is -0.260. The molecule has 0 saturated heterocycles. The van der Waals surface area contributed by atoms with Gasteiger partial charge in [-0.05, 0) is 5.56 Å². The van der Waals surface area contributed by atoms with Crippen LogP contribution in [0.1, 0.15) is 11.6 Å². The van der Waals surface area contributed by atoms with Crippen molar-refractivity contribution in [2.45, 2.75) is 6.04 Å². The lowest BCUT2D eigenvalue weighted by atomic mass is 10.1. The van der Waals surface area contributed by atoms with Gasteiger partial charge in [-0.15, -0.1) is 6.58 Å². The van der Waals surface area contributed by atoms with Crippen molar-refractivity contribution in [3.05, 3.63) is 48.6 Å². The van der Waals surface area contributed by atoms with E-state index in [1.165, 1.54) is 6.08 Å². The first-order valence-electron chi connectivity index (χ1n) is 3.63. The Hall–Kier alpha value is -1.66. The molecule has 60 valence electrons. The summed E-state index contributed by atoms with van der Waals surface area (Å²) < 4.78 is 0. The van der Waals surface area contributed by atoms with E-state index in [2.05, 4.69) is 11.6 Å². The summed E-state index contributed by atoms with van der Waals surface area (Å²) in [4.78, 5) is 13.6. The fourth-order valence-corrected chi connectivity index (χ4v) is 0.970. The molecule has 1 rings (SSSR count). The van der Waals surface area contributed by atoms with Crippen LogP contribution in [-0.4, -0.2) is 6.08 Å². The molecular weight excluding hydrogens is 150 g/mol. The van der Waals surface area contributed by atoms with E-state index in [1.807, 2.05) is 30.3 Å². The van der Waals surface area contributed by atoms with Crippen LogP contribution in [0.15, 0.2) is 48.0 Å². The topological polar surface area (TPSA) is 29.4 Å². The van der Waals surface area contributed by atoms with Crippen LogP contribution in [0.4, 0.5) is 0 Å². The van der Waals surface area contributed by atoms with Crippen LogP contribution in [0.2, 0.25) is 0 Å². The minimum Gasteiger partial charge on any atom is -0.211 e. The maximum atomic E-state index is 10.0. The molecule has 1 aromatic carbocycles. The largest absolute Gasteiger partial charge is 0.235 e. The van der Waals surface area contributed by atoms with Crippen molar-refractivity contribution in [2.24, 2.45) is 4.99 Å². The van der Waals surface area contributed by atoms with Crippen LogP contribution in [-0.2, 0) is 4.79 Å². The van der Waals surface area contributed by atoms with Crippen LogP contribution in [0, 0.1) is 0 Å². The highest BCUT2D eigenvalue weighted by atomic mass is 16.1. The Kier molecular flexibility index (Phi) is 3.00. The minimum absolute atomic E-state index is 0.260. The third kappa shape index (κ3) is 1.91. The number of benzene rings is 1. The van der Waals surface area contributed by atoms with E-state index in [4.69, 9.17) is 0 Å². The van der Waals surface area contributed by atoms with E-state index in [0.717, 1.165) is 5.56 Å². The first-order chi connectivity index (χ1) is 5.88. The highest BCUT2D eigenvalue weighted by Crippen LogP contribution is 2.16. The molecule has 0 bridgehead atoms. The second-order valence-electron chi connectivity index (χ2n) is 2.31. The Bertz CT molecular complexity index is 299. The van der Waals surface area contributed by atoms with Crippen molar-refractivity contribution in [1.29, 1.82) is 0 Å². The van der Waals surface area contributed by atoms with Gasteiger partial charge in [-0.2, -0.15) is 4.99 Å². The summed E-state index contributed by atoms with van der Waals surface area (Å²) >= 11 is 0. The zero-order valence-corrected chi connectivity index (χ0v) is 6.60. The molecule has 0 spiro atoms. The van der Waals surface area contributed by atoms with Crippen molar-refractivity contribution in [3.63, 3.8) is 0 Å². The smallest absolute Gasteiger partial charge is 0.211 e. The summed E-state index contributed by atoms with van der Waals surface area (Å²) in [6.07, 6.45) is 3.13. The SMILES string of the molecule is C=C[C@@H](N=C=O)c1ccccc1. The molecule has 0 unspecified atom stereocenters. The Labute approximate surface area is 71.3 Å². The highest BCUT2D eigenvalue weighted by molar-refractivity contribution is 5.36. The van der Waals surface area contributed by atoms with E-state index >= 15 is 0 Å². The van der Waals surface area contributed by atoms with Crippen LogP contribution >= 0.6 is 0 Å². The van der Waals surface area contributed by atoms with Crippen molar-refractivity contribution in [1.82, 2.24) is 0 Å². The predicted molar refractivity (Wildman–Crippen MR) is 47.5 cm³/mol. The van der Waals surface area contributed by atoms with Gasteiger partial charge < -0.3 is 0 Å². The Morgan fingerprint density at radius 2 is 2.08 bits per heavy atom. The average molecular weight is 159 g/mol. The first kappa shape index (κ1) is 8.44. The molecule has 0 amide bonds. The third-order valence-electron chi connectivity index (χ3n) is 1.56. The molecular formula is C10H9NO. The number of nitrogens with zero attached hydrogens (tertiary/aromatic N) is 1. The summed E-state index contributed by atoms with van der Waals surface area (Å²) in [5.74, 6) is 0. The third-order valence-corrected chi connectivity index (χ3v) is 1.56. The van der Waals surface area contributed by atoms with Gasteiger partial charge in [0, 0.05) is 0 Å². The van der Waals surface area contributed by atoms with Crippen LogP contribution in [0.25, 0.3) is 0 Å². The molecule has 1 aromatic rings. The Morgan fingerprint density at radius 1 is 1.42 bits per heavy atom. The van der Waals surface area contributed by atoms with Gasteiger partial charge in [0.2, 0.25) is 6.08 Å². The predicted octanol–water partition coefficient (Wildman–Crippen LogP) is 2.25. The van der Waals surface area contributed by atoms with Crippen LogP contribution < -0.4 is 0 Å². The van der Waals surface area contributed by atoms with Crippen LogP contribution in [0.5, 0.6) is 0 Å². The zero-order valence-electron chi connectivity index (χ0n) is 6.60. The van der Waals surface area contributed by atoms with Gasteiger partial charge >= 0.3 is 0 Å². The summed E-state index contributed by atoms with van der Waals surface area (Å²) in [6.45, 7) is 3.58. The molecule has 0 saturated carbocycles. The molecule has 0 aliphatic rings. The Morgan fingerprint density at radius 3 is 2.58 bits per heavy atom. The number of hydrogen-bond donors (Lipinski definition) is 0. The number of hydrogen-bond acceptors (Lipinski definition) is 2. The lowest BCUT2D eigenvalue weighted by molar-refractivity contribution is 0.561. The normalized spacial score (nSPS) is 11.3. The number of isocyanates is 1. The highest BCUT2D eigenvalue weighted by Gasteiger charge is 2.02. The van der Waals surface area contributed by atoms with Gasteiger partial charge in [0.25, 0.3) is 0 Å². The summed E-state index contributed by atoms with van der Waals surface area (Å²) in [5, 5.41) is 0. The number of rotatable bonds is 3. The van der Waals surface area contributed by atoms with Gasteiger partial charge in [0.15, 0.2) is 0 Å². The quantitative estimate of drug-likeness (QED) is 0.378. The molecule has 0 heterocycles. The van der Waals surface area contributed by atoms with Gasteiger partial charge in [0.05, 0.1) is 0 Å². The lowest BCUT2D eigenvalue weighted by Gasteiger charge is -2.03. The van der Waals surface area contributed by atoms with E-state index in [-0.39, 0.29) is 6.04 Å². The summed E-state index contributed by atoms with van der Waals surface area (Å²) in [5.41, 5.74) is 0.954. The maximum Gasteiger partial charge on any atom is 0.235 e. The monoisotopic (exact) mass is 159 g/mol. The molecule has 0 aliphatic carbocycles. The van der Waals surface area contributed by atoms with Gasteiger partial charge in [-0.1, -0.05) is 36.4 Å². The van der Waals surface area contributed by atoms with Crippen LogP contribution in [0.3, 0.4) is 0 Å². The van der Waals surface area contributed by atoms with Gasteiger partial charge in [0.1, 0.15) is 6.04 Å². The number of carbonyl (C=O) groups excluding carboxylic acids is 1. The first-order valence-corrected chi connectivity index (χ1v) is 3.63. The van der Waals surface area contributed by atoms with Gasteiger partial charge in [-0.3, -0.25) is 0 Å². The standard InChI is InChI=1S/C10H9NO/c1-2-10(11-8-12)9-6-4-3-5-7-9/h2-7,10H,1H2/t10-/m1/s1. The van der Waals surface area contributed by atoms with Crippen molar-refractivity contribution < 1.29 is 4.79 Å². The molecule has 1 atom stereocenters.